The van der Waals surface area contributed by atoms with Crippen LogP contribution in [0.5, 0.6) is 5.75 Å². The Bertz CT molecular complexity index is 1230. The molecule has 1 saturated heterocycles. The number of aromatic amines is 1. The summed E-state index contributed by atoms with van der Waals surface area (Å²) in [5.41, 5.74) is 4.80. The number of piperidine rings is 1. The molecule has 5 rings (SSSR count). The first-order valence-electron chi connectivity index (χ1n) is 11.7. The molecule has 1 N–H and O–H groups in total. The summed E-state index contributed by atoms with van der Waals surface area (Å²) in [5.74, 6) is 1.52. The molecule has 5 heterocycles. The minimum atomic E-state index is 0.286. The average Bonchev–Trinajstić information content (AvgIpc) is 3.57. The number of aromatic nitrogens is 6. The molecule has 0 aliphatic carbocycles. The van der Waals surface area contributed by atoms with Gasteiger partial charge in [0.25, 0.3) is 0 Å². The number of nitrogens with one attached hydrogen (secondary N) is 1. The fraction of sp³-hybridized carbons (Fsp3) is 0.500. The first-order valence-corrected chi connectivity index (χ1v) is 12.5. The number of likely N-dealkylation sites (tertiary alicyclic amines) is 1. The van der Waals surface area contributed by atoms with Crippen LogP contribution in [-0.4, -0.2) is 61.4 Å². The third-order valence-corrected chi connectivity index (χ3v) is 7.64. The van der Waals surface area contributed by atoms with Crippen molar-refractivity contribution in [2.24, 2.45) is 0 Å². The van der Waals surface area contributed by atoms with E-state index >= 15 is 0 Å². The van der Waals surface area contributed by atoms with Crippen molar-refractivity contribution in [1.82, 2.24) is 34.7 Å². The van der Waals surface area contributed by atoms with E-state index in [4.69, 9.17) is 14.8 Å². The van der Waals surface area contributed by atoms with Crippen molar-refractivity contribution in [3.05, 3.63) is 35.4 Å². The Morgan fingerprint density at radius 3 is 2.79 bits per heavy atom. The van der Waals surface area contributed by atoms with Crippen molar-refractivity contribution < 1.29 is 4.74 Å². The highest BCUT2D eigenvalue weighted by Crippen LogP contribution is 2.40. The van der Waals surface area contributed by atoms with Crippen LogP contribution in [0.15, 0.2) is 24.8 Å². The largest absolute Gasteiger partial charge is 0.493 e. The molecule has 1 fully saturated rings. The lowest BCUT2D eigenvalue weighted by Crippen LogP contribution is -2.33. The van der Waals surface area contributed by atoms with Gasteiger partial charge in [-0.2, -0.15) is 10.2 Å². The second-order valence-corrected chi connectivity index (χ2v) is 10.1. The predicted molar refractivity (Wildman–Crippen MR) is 131 cm³/mol. The van der Waals surface area contributed by atoms with E-state index in [1.165, 1.54) is 55.8 Å². The van der Waals surface area contributed by atoms with E-state index in [9.17, 15) is 0 Å². The molecule has 0 unspecified atom stereocenters. The van der Waals surface area contributed by atoms with E-state index in [-0.39, 0.29) is 5.92 Å². The van der Waals surface area contributed by atoms with Gasteiger partial charge < -0.3 is 9.64 Å². The number of fused-ring (bicyclic) bond motifs is 1. The van der Waals surface area contributed by atoms with Crippen LogP contribution in [0.25, 0.3) is 27.5 Å². The number of ether oxygens (including phenoxy) is 1. The van der Waals surface area contributed by atoms with E-state index in [0.29, 0.717) is 17.3 Å². The van der Waals surface area contributed by atoms with Gasteiger partial charge in [0, 0.05) is 29.4 Å². The Hall–Kier alpha value is -2.78. The van der Waals surface area contributed by atoms with E-state index in [0.717, 1.165) is 21.8 Å². The maximum Gasteiger partial charge on any atom is 0.197 e. The quantitative estimate of drug-likeness (QED) is 0.415. The molecule has 0 spiro atoms. The smallest absolute Gasteiger partial charge is 0.197 e. The zero-order valence-electron chi connectivity index (χ0n) is 19.7. The third kappa shape index (κ3) is 4.15. The number of hydrogen-bond donors (Lipinski definition) is 1. The third-order valence-electron chi connectivity index (χ3n) is 6.46. The molecule has 0 radical (unpaired) electrons. The lowest BCUT2D eigenvalue weighted by atomic mass is 9.96. The summed E-state index contributed by atoms with van der Waals surface area (Å²) in [7, 11) is 1.65. The Balaban J connectivity index is 1.47. The summed E-state index contributed by atoms with van der Waals surface area (Å²) in [5, 5.41) is 13.6. The van der Waals surface area contributed by atoms with Crippen LogP contribution >= 0.6 is 11.3 Å². The molecule has 9 heteroatoms. The highest BCUT2D eigenvalue weighted by atomic mass is 32.1. The molecule has 174 valence electrons. The molecular weight excluding hydrogens is 434 g/mol. The monoisotopic (exact) mass is 465 g/mol. The molecule has 1 aliphatic heterocycles. The Morgan fingerprint density at radius 2 is 2.06 bits per heavy atom. The SMILES string of the molecule is CCCN1CCC(c2ncc(-c3[nH]nc(-c4cc(OC)c5ncnn5c4)c3C(C)C)s2)CC1. The van der Waals surface area contributed by atoms with Crippen LogP contribution in [-0.2, 0) is 0 Å². The number of rotatable bonds is 7. The molecule has 0 amide bonds. The van der Waals surface area contributed by atoms with Crippen LogP contribution in [0.4, 0.5) is 0 Å². The molecular formula is C24H31N7OS. The van der Waals surface area contributed by atoms with Crippen LogP contribution in [0.3, 0.4) is 0 Å². The van der Waals surface area contributed by atoms with Crippen LogP contribution in [0, 0.1) is 0 Å². The van der Waals surface area contributed by atoms with Gasteiger partial charge in [-0.05, 0) is 50.9 Å². The highest BCUT2D eigenvalue weighted by molar-refractivity contribution is 7.15. The van der Waals surface area contributed by atoms with Crippen LogP contribution < -0.4 is 4.74 Å². The molecule has 1 aliphatic rings. The summed E-state index contributed by atoms with van der Waals surface area (Å²) in [4.78, 5) is 12.8. The van der Waals surface area contributed by atoms with Crippen molar-refractivity contribution in [2.45, 2.75) is 51.9 Å². The fourth-order valence-corrected chi connectivity index (χ4v) is 5.90. The Labute approximate surface area is 198 Å². The molecule has 33 heavy (non-hydrogen) atoms. The van der Waals surface area contributed by atoms with Crippen molar-refractivity contribution in [3.63, 3.8) is 0 Å². The molecule has 0 bridgehead atoms. The second kappa shape index (κ2) is 9.23. The van der Waals surface area contributed by atoms with Gasteiger partial charge in [0.1, 0.15) is 6.33 Å². The van der Waals surface area contributed by atoms with Gasteiger partial charge in [-0.3, -0.25) is 5.10 Å². The standard InChI is InChI=1S/C24H31N7OS/c1-5-8-30-9-6-16(7-10-30)24-25-12-19(33-24)22-20(15(2)3)21(28-29-22)17-11-18(32-4)23-26-14-27-31(23)13-17/h11-16H,5-10H2,1-4H3,(H,28,29). The van der Waals surface area contributed by atoms with E-state index < -0.39 is 0 Å². The van der Waals surface area contributed by atoms with Gasteiger partial charge in [-0.1, -0.05) is 20.8 Å². The fourth-order valence-electron chi connectivity index (χ4n) is 4.81. The van der Waals surface area contributed by atoms with Crippen LogP contribution in [0.2, 0.25) is 0 Å². The molecule has 4 aromatic heterocycles. The minimum Gasteiger partial charge on any atom is -0.493 e. The molecule has 0 aromatic carbocycles. The van der Waals surface area contributed by atoms with Gasteiger partial charge in [0.05, 0.1) is 28.4 Å². The van der Waals surface area contributed by atoms with Crippen LogP contribution in [0.1, 0.15) is 62.4 Å². The van der Waals surface area contributed by atoms with E-state index in [1.54, 1.807) is 23.0 Å². The number of hydrogen-bond acceptors (Lipinski definition) is 7. The molecule has 8 nitrogen and oxygen atoms in total. The van der Waals surface area contributed by atoms with Crippen molar-refractivity contribution >= 4 is 17.0 Å². The van der Waals surface area contributed by atoms with Crippen molar-refractivity contribution in [1.29, 1.82) is 0 Å². The van der Waals surface area contributed by atoms with Gasteiger partial charge in [0.15, 0.2) is 11.4 Å². The number of methoxy groups -OCH3 is 1. The maximum absolute atomic E-state index is 5.56. The van der Waals surface area contributed by atoms with Gasteiger partial charge in [-0.15, -0.1) is 11.3 Å². The van der Waals surface area contributed by atoms with Gasteiger partial charge in [-0.25, -0.2) is 14.5 Å². The number of pyridine rings is 1. The van der Waals surface area contributed by atoms with Gasteiger partial charge in [0.2, 0.25) is 0 Å². The summed E-state index contributed by atoms with van der Waals surface area (Å²) in [6.45, 7) is 10.2. The number of nitrogens with zero attached hydrogens (tertiary/aromatic N) is 6. The summed E-state index contributed by atoms with van der Waals surface area (Å²) in [6.07, 6.45) is 9.11. The highest BCUT2D eigenvalue weighted by Gasteiger charge is 2.25. The molecule has 0 atom stereocenters. The number of H-pyrrole nitrogens is 1. The lowest BCUT2D eigenvalue weighted by molar-refractivity contribution is 0.212. The Kier molecular flexibility index (Phi) is 6.16. The summed E-state index contributed by atoms with van der Waals surface area (Å²) >= 11 is 1.81. The minimum absolute atomic E-state index is 0.286. The topological polar surface area (TPSA) is 84.2 Å². The van der Waals surface area contributed by atoms with E-state index in [1.807, 2.05) is 18.5 Å². The normalized spacial score (nSPS) is 15.7. The maximum atomic E-state index is 5.56. The molecule has 0 saturated carbocycles. The second-order valence-electron chi connectivity index (χ2n) is 9.02. The molecule has 4 aromatic rings. The predicted octanol–water partition coefficient (Wildman–Crippen LogP) is 4.96. The first kappa shape index (κ1) is 22.0. The van der Waals surface area contributed by atoms with E-state index in [2.05, 4.69) is 40.9 Å². The summed E-state index contributed by atoms with van der Waals surface area (Å²) < 4.78 is 7.30. The average molecular weight is 466 g/mol. The first-order chi connectivity index (χ1) is 16.1. The van der Waals surface area contributed by atoms with Gasteiger partial charge >= 0.3 is 0 Å². The Morgan fingerprint density at radius 1 is 1.24 bits per heavy atom. The van der Waals surface area contributed by atoms with Crippen molar-refractivity contribution in [3.8, 4) is 27.6 Å². The zero-order chi connectivity index (χ0) is 22.9. The zero-order valence-corrected chi connectivity index (χ0v) is 20.5. The summed E-state index contributed by atoms with van der Waals surface area (Å²) in [6, 6.07) is 1.98. The lowest BCUT2D eigenvalue weighted by Gasteiger charge is -2.30. The number of thiazole rings is 1. The van der Waals surface area contributed by atoms with Crippen molar-refractivity contribution in [2.75, 3.05) is 26.7 Å².